The molecule has 0 aromatic carbocycles. The summed E-state index contributed by atoms with van der Waals surface area (Å²) in [6.45, 7) is 0.176. The number of esters is 1. The van der Waals surface area contributed by atoms with Crippen LogP contribution in [0.2, 0.25) is 0 Å². The number of carbonyl (C=O) groups excluding carboxylic acids is 2. The molecule has 1 saturated heterocycles. The Morgan fingerprint density at radius 2 is 2.12 bits per heavy atom. The lowest BCUT2D eigenvalue weighted by atomic mass is 9.76. The van der Waals surface area contributed by atoms with E-state index >= 15 is 0 Å². The van der Waals surface area contributed by atoms with Crippen LogP contribution in [0.4, 0.5) is 0 Å². The molecule has 0 aromatic heterocycles. The number of hydrogen-bond donors (Lipinski definition) is 4. The first-order valence-corrected chi connectivity index (χ1v) is 5.22. The van der Waals surface area contributed by atoms with E-state index in [1.54, 1.807) is 0 Å². The zero-order chi connectivity index (χ0) is 13.3. The maximum atomic E-state index is 11.7. The number of hydrogen-bond acceptors (Lipinski definition) is 6. The standard InChI is InChI=1S/C10H17NO6/c1-9(16)6(3-4-12)7(14)11-10(9,5-13)8(15)17-2/h6,12-13,16H,3-5H2,1-2H3,(H,11,14)/t6?,9-,10-/m0/s1. The van der Waals surface area contributed by atoms with Crippen molar-refractivity contribution in [2.24, 2.45) is 5.92 Å². The maximum absolute atomic E-state index is 11.7. The van der Waals surface area contributed by atoms with E-state index in [1.165, 1.54) is 6.92 Å². The molecule has 0 saturated carbocycles. The average molecular weight is 247 g/mol. The molecular formula is C10H17NO6. The molecule has 0 aromatic rings. The Morgan fingerprint density at radius 3 is 2.53 bits per heavy atom. The predicted molar refractivity (Wildman–Crippen MR) is 55.8 cm³/mol. The van der Waals surface area contributed by atoms with Crippen LogP contribution in [0.3, 0.4) is 0 Å². The van der Waals surface area contributed by atoms with Crippen LogP contribution < -0.4 is 5.32 Å². The lowest BCUT2D eigenvalue weighted by Crippen LogP contribution is -2.65. The highest BCUT2D eigenvalue weighted by Crippen LogP contribution is 2.38. The van der Waals surface area contributed by atoms with Gasteiger partial charge in [-0.3, -0.25) is 4.79 Å². The highest BCUT2D eigenvalue weighted by Gasteiger charge is 2.65. The minimum absolute atomic E-state index is 0.00240. The van der Waals surface area contributed by atoms with Crippen LogP contribution in [0.15, 0.2) is 0 Å². The van der Waals surface area contributed by atoms with Crippen molar-refractivity contribution in [3.63, 3.8) is 0 Å². The Balaban J connectivity index is 3.18. The third-order valence-electron chi connectivity index (χ3n) is 3.38. The van der Waals surface area contributed by atoms with E-state index in [0.717, 1.165) is 7.11 Å². The summed E-state index contributed by atoms with van der Waals surface area (Å²) in [6, 6.07) is 0. The minimum atomic E-state index is -1.88. The second kappa shape index (κ2) is 4.59. The molecule has 1 aliphatic rings. The summed E-state index contributed by atoms with van der Waals surface area (Å²) in [4.78, 5) is 23.3. The molecule has 1 heterocycles. The molecule has 1 amide bonds. The van der Waals surface area contributed by atoms with Crippen LogP contribution in [0, 0.1) is 5.92 Å². The first kappa shape index (κ1) is 13.9. The van der Waals surface area contributed by atoms with Gasteiger partial charge < -0.3 is 25.4 Å². The van der Waals surface area contributed by atoms with Crippen molar-refractivity contribution < 1.29 is 29.6 Å². The third kappa shape index (κ3) is 1.80. The molecule has 1 unspecified atom stereocenters. The van der Waals surface area contributed by atoms with Crippen LogP contribution in [-0.2, 0) is 14.3 Å². The van der Waals surface area contributed by atoms with Crippen molar-refractivity contribution in [1.29, 1.82) is 0 Å². The van der Waals surface area contributed by atoms with Crippen LogP contribution in [0.25, 0.3) is 0 Å². The lowest BCUT2D eigenvalue weighted by molar-refractivity contribution is -0.163. The van der Waals surface area contributed by atoms with Gasteiger partial charge in [-0.05, 0) is 13.3 Å². The van der Waals surface area contributed by atoms with E-state index in [9.17, 15) is 19.8 Å². The van der Waals surface area contributed by atoms with Crippen molar-refractivity contribution in [3.05, 3.63) is 0 Å². The van der Waals surface area contributed by atoms with Gasteiger partial charge in [0.15, 0.2) is 5.54 Å². The van der Waals surface area contributed by atoms with Crippen molar-refractivity contribution in [2.75, 3.05) is 20.3 Å². The number of aliphatic hydroxyl groups is 3. The van der Waals surface area contributed by atoms with Crippen LogP contribution >= 0.6 is 0 Å². The van der Waals surface area contributed by atoms with E-state index in [0.29, 0.717) is 0 Å². The van der Waals surface area contributed by atoms with Gasteiger partial charge in [0.1, 0.15) is 5.60 Å². The number of nitrogens with one attached hydrogen (secondary N) is 1. The fourth-order valence-corrected chi connectivity index (χ4v) is 2.21. The SMILES string of the molecule is COC(=O)[C@]1(CO)NC(=O)C(CCO)[C@]1(C)O. The summed E-state index contributed by atoms with van der Waals surface area (Å²) in [6.07, 6.45) is -0.00240. The first-order chi connectivity index (χ1) is 7.87. The Morgan fingerprint density at radius 1 is 1.53 bits per heavy atom. The Bertz CT molecular complexity index is 329. The van der Waals surface area contributed by atoms with Gasteiger partial charge in [-0.25, -0.2) is 4.79 Å². The van der Waals surface area contributed by atoms with Gasteiger partial charge in [0.2, 0.25) is 5.91 Å². The second-order valence-electron chi connectivity index (χ2n) is 4.26. The molecule has 7 heteroatoms. The number of ether oxygens (including phenoxy) is 1. The molecule has 1 rings (SSSR count). The summed E-state index contributed by atoms with van der Waals surface area (Å²) in [5, 5.41) is 30.7. The summed E-state index contributed by atoms with van der Waals surface area (Å²) >= 11 is 0. The molecule has 17 heavy (non-hydrogen) atoms. The Kier molecular flexibility index (Phi) is 3.75. The maximum Gasteiger partial charge on any atom is 0.337 e. The molecule has 0 spiro atoms. The fraction of sp³-hybridized carbons (Fsp3) is 0.800. The quantitative estimate of drug-likeness (QED) is 0.418. The van der Waals surface area contributed by atoms with E-state index in [2.05, 4.69) is 10.1 Å². The van der Waals surface area contributed by atoms with Crippen LogP contribution in [0.5, 0.6) is 0 Å². The van der Waals surface area contributed by atoms with E-state index < -0.39 is 35.5 Å². The van der Waals surface area contributed by atoms with Crippen molar-refractivity contribution in [1.82, 2.24) is 5.32 Å². The zero-order valence-electron chi connectivity index (χ0n) is 9.77. The van der Waals surface area contributed by atoms with E-state index in [4.69, 9.17) is 5.11 Å². The molecule has 0 bridgehead atoms. The molecule has 98 valence electrons. The third-order valence-corrected chi connectivity index (χ3v) is 3.38. The average Bonchev–Trinajstić information content (AvgIpc) is 2.49. The van der Waals surface area contributed by atoms with Crippen LogP contribution in [0.1, 0.15) is 13.3 Å². The van der Waals surface area contributed by atoms with Gasteiger partial charge in [-0.2, -0.15) is 0 Å². The normalized spacial score (nSPS) is 36.8. The Labute approximate surface area is 98.4 Å². The molecule has 7 nitrogen and oxygen atoms in total. The molecule has 0 aliphatic carbocycles. The molecule has 4 N–H and O–H groups in total. The van der Waals surface area contributed by atoms with Crippen molar-refractivity contribution in [2.45, 2.75) is 24.5 Å². The van der Waals surface area contributed by atoms with Gasteiger partial charge >= 0.3 is 5.97 Å². The topological polar surface area (TPSA) is 116 Å². The molecule has 1 fully saturated rings. The van der Waals surface area contributed by atoms with Crippen molar-refractivity contribution >= 4 is 11.9 Å². The number of carbonyl (C=O) groups is 2. The lowest BCUT2D eigenvalue weighted by Gasteiger charge is -2.36. The van der Waals surface area contributed by atoms with Crippen molar-refractivity contribution in [3.8, 4) is 0 Å². The van der Waals surface area contributed by atoms with E-state index in [-0.39, 0.29) is 13.0 Å². The minimum Gasteiger partial charge on any atom is -0.467 e. The van der Waals surface area contributed by atoms with Crippen LogP contribution in [-0.4, -0.2) is 58.7 Å². The number of aliphatic hydroxyl groups excluding tert-OH is 2. The second-order valence-corrected chi connectivity index (χ2v) is 4.26. The van der Waals surface area contributed by atoms with Gasteiger partial charge in [0.05, 0.1) is 19.6 Å². The smallest absolute Gasteiger partial charge is 0.337 e. The molecule has 0 radical (unpaired) electrons. The molecule has 3 atom stereocenters. The summed E-state index contributed by atoms with van der Waals surface area (Å²) in [5.74, 6) is -2.49. The first-order valence-electron chi connectivity index (χ1n) is 5.22. The van der Waals surface area contributed by atoms with Gasteiger partial charge in [-0.1, -0.05) is 0 Å². The predicted octanol–water partition coefficient (Wildman–Crippen LogP) is -2.23. The zero-order valence-corrected chi connectivity index (χ0v) is 9.77. The molecule has 1 aliphatic heterocycles. The summed E-state index contributed by atoms with van der Waals surface area (Å²) < 4.78 is 4.50. The number of amides is 1. The summed E-state index contributed by atoms with van der Waals surface area (Å²) in [5.41, 5.74) is -3.70. The molecular weight excluding hydrogens is 230 g/mol. The monoisotopic (exact) mass is 247 g/mol. The highest BCUT2D eigenvalue weighted by atomic mass is 16.5. The summed E-state index contributed by atoms with van der Waals surface area (Å²) in [7, 11) is 1.10. The van der Waals surface area contributed by atoms with Gasteiger partial charge in [-0.15, -0.1) is 0 Å². The highest BCUT2D eigenvalue weighted by molar-refractivity contribution is 5.96. The van der Waals surface area contributed by atoms with Gasteiger partial charge in [0, 0.05) is 6.61 Å². The van der Waals surface area contributed by atoms with Gasteiger partial charge in [0.25, 0.3) is 0 Å². The number of methoxy groups -OCH3 is 1. The largest absolute Gasteiger partial charge is 0.467 e. The Hall–Kier alpha value is -1.18. The number of rotatable bonds is 4. The van der Waals surface area contributed by atoms with E-state index in [1.807, 2.05) is 0 Å². The fourth-order valence-electron chi connectivity index (χ4n) is 2.21.